The Kier molecular flexibility index (Phi) is 6.71. The minimum atomic E-state index is -0.230. The minimum Gasteiger partial charge on any atom is -0.486 e. The third-order valence-corrected chi connectivity index (χ3v) is 5.48. The first-order valence-corrected chi connectivity index (χ1v) is 10.2. The fourth-order valence-electron chi connectivity index (χ4n) is 2.58. The lowest BCUT2D eigenvalue weighted by molar-refractivity contribution is 0.0910. The minimum absolute atomic E-state index is 0.128. The number of nitrogens with one attached hydrogen (secondary N) is 1. The average molecular weight is 449 g/mol. The summed E-state index contributed by atoms with van der Waals surface area (Å²) < 4.78 is 12.3. The summed E-state index contributed by atoms with van der Waals surface area (Å²) in [5.74, 6) is 1.39. The number of carbonyl (C=O) groups is 1. The van der Waals surface area contributed by atoms with Crippen LogP contribution in [0.1, 0.15) is 27.2 Å². The highest BCUT2D eigenvalue weighted by Gasteiger charge is 2.18. The third-order valence-electron chi connectivity index (χ3n) is 4.01. The van der Waals surface area contributed by atoms with Gasteiger partial charge in [0.25, 0.3) is 5.91 Å². The fraction of sp³-hybridized carbons (Fsp3) is 0.250. The molecule has 1 N–H and O–H groups in total. The molecule has 142 valence electrons. The molecule has 5 nitrogen and oxygen atoms in total. The second kappa shape index (κ2) is 9.21. The van der Waals surface area contributed by atoms with Crippen molar-refractivity contribution in [2.45, 2.75) is 12.6 Å². The van der Waals surface area contributed by atoms with E-state index in [2.05, 4.69) is 32.2 Å². The molecule has 1 unspecified atom stereocenters. The van der Waals surface area contributed by atoms with E-state index < -0.39 is 0 Å². The normalized spacial score (nSPS) is 12.1. The number of rotatable bonds is 8. The van der Waals surface area contributed by atoms with Gasteiger partial charge in [-0.15, -0.1) is 11.3 Å². The molecule has 2 aromatic heterocycles. The molecular weight excluding hydrogens is 428 g/mol. The van der Waals surface area contributed by atoms with E-state index in [1.165, 1.54) is 4.88 Å². The molecule has 7 heteroatoms. The molecule has 0 aliphatic carbocycles. The zero-order chi connectivity index (χ0) is 19.2. The molecule has 2 heterocycles. The molecule has 0 saturated carbocycles. The van der Waals surface area contributed by atoms with Crippen LogP contribution in [0.15, 0.2) is 62.8 Å². The van der Waals surface area contributed by atoms with Gasteiger partial charge >= 0.3 is 0 Å². The first kappa shape index (κ1) is 19.7. The van der Waals surface area contributed by atoms with Crippen LogP contribution in [-0.4, -0.2) is 31.4 Å². The van der Waals surface area contributed by atoms with Crippen molar-refractivity contribution in [1.82, 2.24) is 10.2 Å². The maximum atomic E-state index is 12.4. The topological polar surface area (TPSA) is 54.7 Å². The molecule has 3 aromatic rings. The highest BCUT2D eigenvalue weighted by Crippen LogP contribution is 2.23. The monoisotopic (exact) mass is 448 g/mol. The van der Waals surface area contributed by atoms with Crippen molar-refractivity contribution in [2.75, 3.05) is 20.6 Å². The lowest BCUT2D eigenvalue weighted by Crippen LogP contribution is -2.34. The van der Waals surface area contributed by atoms with Gasteiger partial charge in [-0.05, 0) is 55.9 Å². The predicted octanol–water partition coefficient (Wildman–Crippen LogP) is 4.72. The summed E-state index contributed by atoms with van der Waals surface area (Å²) in [5, 5.41) is 4.99. The number of hydrogen-bond donors (Lipinski definition) is 1. The van der Waals surface area contributed by atoms with E-state index in [0.717, 1.165) is 10.2 Å². The van der Waals surface area contributed by atoms with Crippen LogP contribution < -0.4 is 10.1 Å². The van der Waals surface area contributed by atoms with Gasteiger partial charge in [0.2, 0.25) is 0 Å². The summed E-state index contributed by atoms with van der Waals surface area (Å²) in [5.41, 5.74) is 0. The zero-order valence-corrected chi connectivity index (χ0v) is 17.5. The maximum Gasteiger partial charge on any atom is 0.287 e. The number of furan rings is 1. The van der Waals surface area contributed by atoms with E-state index in [1.54, 1.807) is 23.5 Å². The lowest BCUT2D eigenvalue weighted by atomic mass is 10.2. The van der Waals surface area contributed by atoms with Crippen LogP contribution in [0.3, 0.4) is 0 Å². The number of carbonyl (C=O) groups excluding carboxylic acids is 1. The van der Waals surface area contributed by atoms with E-state index in [-0.39, 0.29) is 24.3 Å². The van der Waals surface area contributed by atoms with Gasteiger partial charge in [0.1, 0.15) is 18.1 Å². The van der Waals surface area contributed by atoms with Crippen LogP contribution in [0.4, 0.5) is 0 Å². The molecule has 1 amide bonds. The van der Waals surface area contributed by atoms with Crippen LogP contribution in [0, 0.1) is 0 Å². The van der Waals surface area contributed by atoms with Gasteiger partial charge in [-0.25, -0.2) is 0 Å². The Balaban J connectivity index is 1.55. The van der Waals surface area contributed by atoms with Crippen molar-refractivity contribution < 1.29 is 13.9 Å². The van der Waals surface area contributed by atoms with Crippen molar-refractivity contribution >= 4 is 33.2 Å². The second-order valence-electron chi connectivity index (χ2n) is 6.22. The van der Waals surface area contributed by atoms with E-state index >= 15 is 0 Å². The third kappa shape index (κ3) is 5.45. The molecule has 1 atom stereocenters. The SMILES string of the molecule is CN(C)C(CNC(=O)c1ccc(COc2cccc(Br)c2)o1)c1cccs1. The van der Waals surface area contributed by atoms with E-state index in [9.17, 15) is 4.79 Å². The van der Waals surface area contributed by atoms with Gasteiger partial charge in [0.15, 0.2) is 5.76 Å². The fourth-order valence-corrected chi connectivity index (χ4v) is 3.88. The van der Waals surface area contributed by atoms with Crippen molar-refractivity contribution in [1.29, 1.82) is 0 Å². The molecule has 0 spiro atoms. The van der Waals surface area contributed by atoms with Gasteiger partial charge in [0, 0.05) is 15.9 Å². The summed E-state index contributed by atoms with van der Waals surface area (Å²) in [7, 11) is 4.00. The Morgan fingerprint density at radius 3 is 2.81 bits per heavy atom. The summed E-state index contributed by atoms with van der Waals surface area (Å²) in [6.07, 6.45) is 0. The molecule has 3 rings (SSSR count). The summed E-state index contributed by atoms with van der Waals surface area (Å²) in [6, 6.07) is 15.2. The first-order valence-electron chi connectivity index (χ1n) is 8.48. The number of ether oxygens (including phenoxy) is 1. The van der Waals surface area contributed by atoms with Crippen LogP contribution in [-0.2, 0) is 6.61 Å². The van der Waals surface area contributed by atoms with Gasteiger partial charge in [-0.2, -0.15) is 0 Å². The summed E-state index contributed by atoms with van der Waals surface area (Å²) in [6.45, 7) is 0.774. The number of hydrogen-bond acceptors (Lipinski definition) is 5. The zero-order valence-electron chi connectivity index (χ0n) is 15.1. The number of thiophene rings is 1. The Hall–Kier alpha value is -2.09. The van der Waals surface area contributed by atoms with E-state index in [1.807, 2.05) is 49.8 Å². The van der Waals surface area contributed by atoms with Crippen LogP contribution >= 0.6 is 27.3 Å². The van der Waals surface area contributed by atoms with Gasteiger partial charge in [-0.3, -0.25) is 4.79 Å². The van der Waals surface area contributed by atoms with Crippen LogP contribution in [0.2, 0.25) is 0 Å². The van der Waals surface area contributed by atoms with E-state index in [4.69, 9.17) is 9.15 Å². The van der Waals surface area contributed by atoms with Crippen molar-refractivity contribution in [2.24, 2.45) is 0 Å². The smallest absolute Gasteiger partial charge is 0.287 e. The number of nitrogens with zero attached hydrogens (tertiary/aromatic N) is 1. The summed E-state index contributed by atoms with van der Waals surface area (Å²) >= 11 is 5.09. The lowest BCUT2D eigenvalue weighted by Gasteiger charge is -2.23. The molecule has 0 saturated heterocycles. The summed E-state index contributed by atoms with van der Waals surface area (Å²) in [4.78, 5) is 15.7. The Morgan fingerprint density at radius 2 is 2.11 bits per heavy atom. The molecule has 27 heavy (non-hydrogen) atoms. The number of likely N-dealkylation sites (N-methyl/N-ethyl adjacent to an activating group) is 1. The van der Waals surface area contributed by atoms with Gasteiger partial charge in [-0.1, -0.05) is 28.1 Å². The molecule has 0 aliphatic heterocycles. The van der Waals surface area contributed by atoms with Crippen LogP contribution in [0.25, 0.3) is 0 Å². The second-order valence-corrected chi connectivity index (χ2v) is 8.11. The molecule has 0 bridgehead atoms. The molecule has 1 aromatic carbocycles. The molecule has 0 fully saturated rings. The van der Waals surface area contributed by atoms with E-state index in [0.29, 0.717) is 12.3 Å². The number of amides is 1. The molecule has 0 radical (unpaired) electrons. The molecular formula is C20H21BrN2O3S. The van der Waals surface area contributed by atoms with Gasteiger partial charge in [0.05, 0.1) is 6.04 Å². The van der Waals surface area contributed by atoms with Crippen molar-refractivity contribution in [3.8, 4) is 5.75 Å². The Labute approximate surface area is 171 Å². The predicted molar refractivity (Wildman–Crippen MR) is 110 cm³/mol. The standard InChI is InChI=1S/C20H21BrN2O3S/c1-23(2)17(19-7-4-10-27-19)12-22-20(24)18-9-8-16(26-18)13-25-15-6-3-5-14(21)11-15/h3-11,17H,12-13H2,1-2H3,(H,22,24). The highest BCUT2D eigenvalue weighted by molar-refractivity contribution is 9.10. The number of halogens is 1. The maximum absolute atomic E-state index is 12.4. The first-order chi connectivity index (χ1) is 13.0. The average Bonchev–Trinajstić information content (AvgIpc) is 3.32. The Bertz CT molecular complexity index is 877. The van der Waals surface area contributed by atoms with Crippen LogP contribution in [0.5, 0.6) is 5.75 Å². The quantitative estimate of drug-likeness (QED) is 0.541. The van der Waals surface area contributed by atoms with Crippen molar-refractivity contribution in [3.63, 3.8) is 0 Å². The largest absolute Gasteiger partial charge is 0.486 e. The van der Waals surface area contributed by atoms with Crippen molar-refractivity contribution in [3.05, 3.63) is 74.8 Å². The molecule has 0 aliphatic rings. The van der Waals surface area contributed by atoms with Gasteiger partial charge < -0.3 is 19.4 Å². The highest BCUT2D eigenvalue weighted by atomic mass is 79.9. The number of benzene rings is 1. The Morgan fingerprint density at radius 1 is 1.26 bits per heavy atom.